The molecule has 1 spiro atoms. The molecule has 7 nitrogen and oxygen atoms in total. The Morgan fingerprint density at radius 1 is 1.12 bits per heavy atom. The lowest BCUT2D eigenvalue weighted by atomic mass is 10.0. The van der Waals surface area contributed by atoms with Gasteiger partial charge in [0.15, 0.2) is 5.79 Å². The van der Waals surface area contributed by atoms with Crippen LogP contribution in [-0.2, 0) is 19.5 Å². The van der Waals surface area contributed by atoms with Crippen LogP contribution < -0.4 is 4.72 Å². The van der Waals surface area contributed by atoms with Crippen LogP contribution in [-0.4, -0.2) is 51.4 Å². The van der Waals surface area contributed by atoms with Crippen molar-refractivity contribution in [1.29, 1.82) is 0 Å². The number of hydrogen-bond donors (Lipinski definition) is 1. The van der Waals surface area contributed by atoms with Crippen LogP contribution in [0.1, 0.15) is 24.8 Å². The first-order valence-electron chi connectivity index (χ1n) is 8.07. The molecule has 0 saturated carbocycles. The Bertz CT molecular complexity index is 686. The van der Waals surface area contributed by atoms with E-state index in [2.05, 4.69) is 4.72 Å². The van der Waals surface area contributed by atoms with E-state index in [1.165, 1.54) is 17.0 Å². The van der Waals surface area contributed by atoms with Crippen molar-refractivity contribution in [3.63, 3.8) is 0 Å². The number of benzene rings is 1. The molecule has 2 saturated heterocycles. The van der Waals surface area contributed by atoms with Gasteiger partial charge in [0.25, 0.3) is 10.0 Å². The van der Waals surface area contributed by atoms with Crippen molar-refractivity contribution < 1.29 is 22.7 Å². The summed E-state index contributed by atoms with van der Waals surface area (Å²) in [6.45, 7) is 3.99. The number of nitrogens with one attached hydrogen (secondary N) is 1. The third-order valence-electron chi connectivity index (χ3n) is 4.38. The summed E-state index contributed by atoms with van der Waals surface area (Å²) in [5.41, 5.74) is 0.953. The third kappa shape index (κ3) is 3.71. The molecule has 1 N–H and O–H groups in total. The van der Waals surface area contributed by atoms with E-state index in [0.717, 1.165) is 12.0 Å². The fourth-order valence-corrected chi connectivity index (χ4v) is 3.88. The summed E-state index contributed by atoms with van der Waals surface area (Å²) in [5, 5.41) is 0. The molecule has 2 fully saturated rings. The van der Waals surface area contributed by atoms with Gasteiger partial charge in [-0.15, -0.1) is 0 Å². The van der Waals surface area contributed by atoms with Gasteiger partial charge in [0, 0.05) is 25.9 Å². The van der Waals surface area contributed by atoms with Gasteiger partial charge >= 0.3 is 6.03 Å². The number of urea groups is 1. The van der Waals surface area contributed by atoms with Crippen molar-refractivity contribution in [2.45, 2.75) is 36.9 Å². The van der Waals surface area contributed by atoms with E-state index in [1.54, 1.807) is 12.1 Å². The maximum absolute atomic E-state index is 12.3. The van der Waals surface area contributed by atoms with Gasteiger partial charge in [-0.2, -0.15) is 0 Å². The summed E-state index contributed by atoms with van der Waals surface area (Å²) in [6.07, 6.45) is 1.97. The third-order valence-corrected chi connectivity index (χ3v) is 5.72. The zero-order chi connectivity index (χ0) is 17.2. The fourth-order valence-electron chi connectivity index (χ4n) is 2.91. The second kappa shape index (κ2) is 6.70. The molecule has 2 amide bonds. The SMILES string of the molecule is Cc1ccc(S(=O)(=O)NC(=O)N2CCC3(CC2)OCCCO3)cc1. The first-order chi connectivity index (χ1) is 11.4. The predicted octanol–water partition coefficient (Wildman–Crippen LogP) is 1.62. The van der Waals surface area contributed by atoms with Gasteiger partial charge in [-0.3, -0.25) is 0 Å². The maximum atomic E-state index is 12.3. The van der Waals surface area contributed by atoms with Crippen LogP contribution in [0.25, 0.3) is 0 Å². The topological polar surface area (TPSA) is 84.9 Å². The van der Waals surface area contributed by atoms with Crippen LogP contribution in [0.3, 0.4) is 0 Å². The van der Waals surface area contributed by atoms with Gasteiger partial charge in [0.2, 0.25) is 0 Å². The Balaban J connectivity index is 1.60. The number of piperidine rings is 1. The van der Waals surface area contributed by atoms with Crippen LogP contribution in [0, 0.1) is 6.92 Å². The average Bonchev–Trinajstić information content (AvgIpc) is 2.56. The van der Waals surface area contributed by atoms with Gasteiger partial charge < -0.3 is 14.4 Å². The van der Waals surface area contributed by atoms with Crippen molar-refractivity contribution in [3.05, 3.63) is 29.8 Å². The standard InChI is InChI=1S/C16H22N2O5S/c1-13-3-5-14(6-4-13)24(20,21)17-15(19)18-9-7-16(8-10-18)22-11-2-12-23-16/h3-6H,2,7-12H2,1H3,(H,17,19). The summed E-state index contributed by atoms with van der Waals surface area (Å²) >= 11 is 0. The van der Waals surface area contributed by atoms with Crippen LogP contribution in [0.15, 0.2) is 29.2 Å². The number of ether oxygens (including phenoxy) is 2. The van der Waals surface area contributed by atoms with E-state index in [9.17, 15) is 13.2 Å². The molecular formula is C16H22N2O5S. The highest BCUT2D eigenvalue weighted by molar-refractivity contribution is 7.90. The van der Waals surface area contributed by atoms with Crippen molar-refractivity contribution in [2.24, 2.45) is 0 Å². The molecule has 0 aliphatic carbocycles. The van der Waals surface area contributed by atoms with Crippen LogP contribution in [0.2, 0.25) is 0 Å². The Labute approximate surface area is 142 Å². The van der Waals surface area contributed by atoms with Crippen LogP contribution in [0.4, 0.5) is 4.79 Å². The largest absolute Gasteiger partial charge is 0.350 e. The predicted molar refractivity (Wildman–Crippen MR) is 87.0 cm³/mol. The lowest BCUT2D eigenvalue weighted by Crippen LogP contribution is -2.54. The molecule has 132 valence electrons. The van der Waals surface area contributed by atoms with E-state index < -0.39 is 21.8 Å². The average molecular weight is 354 g/mol. The minimum absolute atomic E-state index is 0.0777. The number of likely N-dealkylation sites (tertiary alicyclic amines) is 1. The number of carbonyl (C=O) groups excluding carboxylic acids is 1. The lowest BCUT2D eigenvalue weighted by Gasteiger charge is -2.43. The summed E-state index contributed by atoms with van der Waals surface area (Å²) in [4.78, 5) is 13.8. The fraction of sp³-hybridized carbons (Fsp3) is 0.562. The number of aryl methyl sites for hydroxylation is 1. The molecule has 2 aliphatic rings. The molecule has 2 aliphatic heterocycles. The minimum Gasteiger partial charge on any atom is -0.350 e. The quantitative estimate of drug-likeness (QED) is 0.872. The molecule has 2 heterocycles. The van der Waals surface area contributed by atoms with Gasteiger partial charge in [-0.05, 0) is 25.5 Å². The van der Waals surface area contributed by atoms with Crippen molar-refractivity contribution in [3.8, 4) is 0 Å². The summed E-state index contributed by atoms with van der Waals surface area (Å²) in [5.74, 6) is -0.606. The number of amides is 2. The maximum Gasteiger partial charge on any atom is 0.331 e. The molecule has 8 heteroatoms. The van der Waals surface area contributed by atoms with Crippen molar-refractivity contribution in [1.82, 2.24) is 9.62 Å². The number of nitrogens with zero attached hydrogens (tertiary/aromatic N) is 1. The molecule has 0 atom stereocenters. The highest BCUT2D eigenvalue weighted by Gasteiger charge is 2.39. The number of carbonyl (C=O) groups is 1. The number of rotatable bonds is 2. The molecule has 0 bridgehead atoms. The zero-order valence-electron chi connectivity index (χ0n) is 13.7. The van der Waals surface area contributed by atoms with Gasteiger partial charge in [0.05, 0.1) is 18.1 Å². The number of hydrogen-bond acceptors (Lipinski definition) is 5. The van der Waals surface area contributed by atoms with E-state index in [1.807, 2.05) is 6.92 Å². The second-order valence-electron chi connectivity index (χ2n) is 6.17. The second-order valence-corrected chi connectivity index (χ2v) is 7.85. The molecule has 0 unspecified atom stereocenters. The van der Waals surface area contributed by atoms with Crippen molar-refractivity contribution in [2.75, 3.05) is 26.3 Å². The molecule has 0 aromatic heterocycles. The Morgan fingerprint density at radius 2 is 1.71 bits per heavy atom. The lowest BCUT2D eigenvalue weighted by molar-refractivity contribution is -0.281. The van der Waals surface area contributed by atoms with Crippen LogP contribution >= 0.6 is 0 Å². The van der Waals surface area contributed by atoms with Crippen molar-refractivity contribution >= 4 is 16.1 Å². The molecule has 24 heavy (non-hydrogen) atoms. The van der Waals surface area contributed by atoms with E-state index >= 15 is 0 Å². The van der Waals surface area contributed by atoms with E-state index in [4.69, 9.17) is 9.47 Å². The number of sulfonamides is 1. The Morgan fingerprint density at radius 3 is 2.29 bits per heavy atom. The summed E-state index contributed by atoms with van der Waals surface area (Å²) < 4.78 is 38.1. The van der Waals surface area contributed by atoms with Gasteiger partial charge in [-0.1, -0.05) is 17.7 Å². The Kier molecular flexibility index (Phi) is 4.80. The molecular weight excluding hydrogens is 332 g/mol. The van der Waals surface area contributed by atoms with Crippen LogP contribution in [0.5, 0.6) is 0 Å². The Hall–Kier alpha value is -1.64. The van der Waals surface area contributed by atoms with E-state index in [0.29, 0.717) is 39.1 Å². The molecule has 0 radical (unpaired) electrons. The summed E-state index contributed by atoms with van der Waals surface area (Å²) in [7, 11) is -3.86. The normalized spacial score (nSPS) is 20.8. The summed E-state index contributed by atoms with van der Waals surface area (Å²) in [6, 6.07) is 5.75. The zero-order valence-corrected chi connectivity index (χ0v) is 14.5. The highest BCUT2D eigenvalue weighted by Crippen LogP contribution is 2.30. The van der Waals surface area contributed by atoms with Gasteiger partial charge in [-0.25, -0.2) is 17.9 Å². The first-order valence-corrected chi connectivity index (χ1v) is 9.55. The smallest absolute Gasteiger partial charge is 0.331 e. The van der Waals surface area contributed by atoms with E-state index in [-0.39, 0.29) is 4.90 Å². The molecule has 1 aromatic rings. The highest BCUT2D eigenvalue weighted by atomic mass is 32.2. The molecule has 1 aromatic carbocycles. The first kappa shape index (κ1) is 17.2. The molecule has 3 rings (SSSR count). The monoisotopic (exact) mass is 354 g/mol. The minimum atomic E-state index is -3.86. The van der Waals surface area contributed by atoms with Gasteiger partial charge in [0.1, 0.15) is 0 Å².